The van der Waals surface area contributed by atoms with Gasteiger partial charge in [-0.05, 0) is 24.8 Å². The summed E-state index contributed by atoms with van der Waals surface area (Å²) in [5, 5.41) is 3.32. The standard InChI is InChI=1S/C19H23N3O2/c23-18(21-16-6-7-17-20-10-11-22(17)14-16)19(8-12-24-13-9-19)15-4-2-1-3-5-15/h1-5,10-11,16H,6-9,12-14H2,(H,21,23)/t16-/m1/s1. The average Bonchev–Trinajstić information content (AvgIpc) is 3.11. The number of carbonyl (C=O) groups is 1. The van der Waals surface area contributed by atoms with Crippen molar-refractivity contribution in [3.8, 4) is 0 Å². The van der Waals surface area contributed by atoms with Crippen LogP contribution >= 0.6 is 0 Å². The summed E-state index contributed by atoms with van der Waals surface area (Å²) in [5.41, 5.74) is 0.638. The summed E-state index contributed by atoms with van der Waals surface area (Å²) >= 11 is 0. The molecule has 5 nitrogen and oxygen atoms in total. The highest BCUT2D eigenvalue weighted by molar-refractivity contribution is 5.88. The number of amides is 1. The molecular formula is C19H23N3O2. The molecule has 1 atom stereocenters. The summed E-state index contributed by atoms with van der Waals surface area (Å²) < 4.78 is 7.68. The van der Waals surface area contributed by atoms with Crippen LogP contribution in [0.15, 0.2) is 42.7 Å². The Morgan fingerprint density at radius 1 is 1.25 bits per heavy atom. The van der Waals surface area contributed by atoms with Crippen molar-refractivity contribution >= 4 is 5.91 Å². The molecule has 1 saturated heterocycles. The summed E-state index contributed by atoms with van der Waals surface area (Å²) in [6, 6.07) is 10.3. The third kappa shape index (κ3) is 2.73. The second kappa shape index (κ2) is 6.40. The van der Waals surface area contributed by atoms with Gasteiger partial charge in [0.05, 0.1) is 5.41 Å². The lowest BCUT2D eigenvalue weighted by molar-refractivity contribution is -0.131. The van der Waals surface area contributed by atoms with Gasteiger partial charge in [0.25, 0.3) is 0 Å². The van der Waals surface area contributed by atoms with E-state index in [1.165, 1.54) is 0 Å². The number of aryl methyl sites for hydroxylation is 1. The molecule has 126 valence electrons. The Labute approximate surface area is 142 Å². The first-order valence-electron chi connectivity index (χ1n) is 8.72. The van der Waals surface area contributed by atoms with Gasteiger partial charge in [-0.3, -0.25) is 4.79 Å². The number of nitrogens with one attached hydrogen (secondary N) is 1. The van der Waals surface area contributed by atoms with E-state index >= 15 is 0 Å². The number of fused-ring (bicyclic) bond motifs is 1. The van der Waals surface area contributed by atoms with Crippen molar-refractivity contribution in [3.05, 3.63) is 54.1 Å². The Bertz CT molecular complexity index is 704. The highest BCUT2D eigenvalue weighted by atomic mass is 16.5. The Morgan fingerprint density at radius 3 is 2.83 bits per heavy atom. The number of nitrogens with zero attached hydrogens (tertiary/aromatic N) is 2. The van der Waals surface area contributed by atoms with Crippen LogP contribution in [0.5, 0.6) is 0 Å². The minimum atomic E-state index is -0.464. The van der Waals surface area contributed by atoms with Crippen LogP contribution in [0.3, 0.4) is 0 Å². The van der Waals surface area contributed by atoms with Gasteiger partial charge in [-0.2, -0.15) is 0 Å². The molecule has 0 bridgehead atoms. The van der Waals surface area contributed by atoms with Gasteiger partial charge < -0.3 is 14.6 Å². The fraction of sp³-hybridized carbons (Fsp3) is 0.474. The van der Waals surface area contributed by atoms with Gasteiger partial charge in [0.15, 0.2) is 0 Å². The van der Waals surface area contributed by atoms with Crippen molar-refractivity contribution in [1.29, 1.82) is 0 Å². The number of aromatic nitrogens is 2. The van der Waals surface area contributed by atoms with Crippen molar-refractivity contribution < 1.29 is 9.53 Å². The number of carbonyl (C=O) groups excluding carboxylic acids is 1. The lowest BCUT2D eigenvalue weighted by Gasteiger charge is -2.38. The number of hydrogen-bond donors (Lipinski definition) is 1. The molecule has 0 saturated carbocycles. The fourth-order valence-electron chi connectivity index (χ4n) is 3.93. The van der Waals surface area contributed by atoms with E-state index in [0.717, 1.165) is 43.6 Å². The van der Waals surface area contributed by atoms with E-state index in [2.05, 4.69) is 27.0 Å². The molecular weight excluding hydrogens is 302 g/mol. The minimum Gasteiger partial charge on any atom is -0.381 e. The van der Waals surface area contributed by atoms with Gasteiger partial charge >= 0.3 is 0 Å². The second-order valence-electron chi connectivity index (χ2n) is 6.77. The van der Waals surface area contributed by atoms with Crippen LogP contribution in [-0.2, 0) is 27.9 Å². The first kappa shape index (κ1) is 15.4. The summed E-state index contributed by atoms with van der Waals surface area (Å²) in [5.74, 6) is 1.26. The Morgan fingerprint density at radius 2 is 2.04 bits per heavy atom. The van der Waals surface area contributed by atoms with Gasteiger partial charge in [-0.25, -0.2) is 4.98 Å². The Hall–Kier alpha value is -2.14. The van der Waals surface area contributed by atoms with E-state index in [1.807, 2.05) is 30.6 Å². The topological polar surface area (TPSA) is 56.2 Å². The number of rotatable bonds is 3. The van der Waals surface area contributed by atoms with Crippen LogP contribution in [0.4, 0.5) is 0 Å². The molecule has 1 aromatic heterocycles. The monoisotopic (exact) mass is 325 g/mol. The number of imidazole rings is 1. The van der Waals surface area contributed by atoms with Gasteiger partial charge in [-0.15, -0.1) is 0 Å². The Balaban J connectivity index is 1.54. The highest BCUT2D eigenvalue weighted by Gasteiger charge is 2.42. The molecule has 5 heteroatoms. The average molecular weight is 325 g/mol. The van der Waals surface area contributed by atoms with E-state index in [4.69, 9.17) is 4.74 Å². The van der Waals surface area contributed by atoms with E-state index < -0.39 is 5.41 Å². The molecule has 1 fully saturated rings. The van der Waals surface area contributed by atoms with Crippen molar-refractivity contribution in [1.82, 2.24) is 14.9 Å². The highest BCUT2D eigenvalue weighted by Crippen LogP contribution is 2.35. The second-order valence-corrected chi connectivity index (χ2v) is 6.77. The molecule has 0 spiro atoms. The summed E-state index contributed by atoms with van der Waals surface area (Å²) in [4.78, 5) is 17.6. The predicted molar refractivity (Wildman–Crippen MR) is 90.7 cm³/mol. The Kier molecular flexibility index (Phi) is 4.10. The summed E-state index contributed by atoms with van der Waals surface area (Å²) in [6.45, 7) is 2.08. The van der Waals surface area contributed by atoms with Crippen LogP contribution in [0.25, 0.3) is 0 Å². The molecule has 0 unspecified atom stereocenters. The van der Waals surface area contributed by atoms with Crippen LogP contribution in [-0.4, -0.2) is 34.7 Å². The summed E-state index contributed by atoms with van der Waals surface area (Å²) in [6.07, 6.45) is 7.18. The molecule has 4 rings (SSSR count). The van der Waals surface area contributed by atoms with Gasteiger partial charge in [0.1, 0.15) is 5.82 Å². The smallest absolute Gasteiger partial charge is 0.231 e. The fourth-order valence-corrected chi connectivity index (χ4v) is 3.93. The molecule has 0 aliphatic carbocycles. The SMILES string of the molecule is O=C(N[C@@H]1CCc2nccn2C1)C1(c2ccccc2)CCOCC1. The third-order valence-corrected chi connectivity index (χ3v) is 5.38. The zero-order valence-corrected chi connectivity index (χ0v) is 13.8. The van der Waals surface area contributed by atoms with Crippen LogP contribution in [0, 0.1) is 0 Å². The molecule has 0 radical (unpaired) electrons. The maximum absolute atomic E-state index is 13.2. The van der Waals surface area contributed by atoms with Crippen molar-refractivity contribution in [2.45, 2.75) is 43.7 Å². The number of hydrogen-bond acceptors (Lipinski definition) is 3. The molecule has 2 aliphatic heterocycles. The van der Waals surface area contributed by atoms with E-state index in [-0.39, 0.29) is 11.9 Å². The maximum Gasteiger partial charge on any atom is 0.231 e. The molecule has 1 amide bonds. The van der Waals surface area contributed by atoms with Crippen LogP contribution < -0.4 is 5.32 Å². The molecule has 2 aromatic rings. The van der Waals surface area contributed by atoms with Crippen LogP contribution in [0.2, 0.25) is 0 Å². The number of ether oxygens (including phenoxy) is 1. The van der Waals surface area contributed by atoms with Gasteiger partial charge in [0.2, 0.25) is 5.91 Å². The molecule has 24 heavy (non-hydrogen) atoms. The van der Waals surface area contributed by atoms with E-state index in [0.29, 0.717) is 13.2 Å². The number of benzene rings is 1. The van der Waals surface area contributed by atoms with Crippen LogP contribution in [0.1, 0.15) is 30.7 Å². The van der Waals surface area contributed by atoms with Gasteiger partial charge in [-0.1, -0.05) is 30.3 Å². The molecule has 1 aromatic carbocycles. The lowest BCUT2D eigenvalue weighted by Crippen LogP contribution is -2.52. The first-order chi connectivity index (χ1) is 11.8. The largest absolute Gasteiger partial charge is 0.381 e. The van der Waals surface area contributed by atoms with Gasteiger partial charge in [0, 0.05) is 44.6 Å². The first-order valence-corrected chi connectivity index (χ1v) is 8.72. The molecule has 3 heterocycles. The molecule has 2 aliphatic rings. The third-order valence-electron chi connectivity index (χ3n) is 5.38. The maximum atomic E-state index is 13.2. The van der Waals surface area contributed by atoms with E-state index in [1.54, 1.807) is 0 Å². The molecule has 1 N–H and O–H groups in total. The summed E-state index contributed by atoms with van der Waals surface area (Å²) in [7, 11) is 0. The zero-order chi connectivity index (χ0) is 16.4. The van der Waals surface area contributed by atoms with Crippen molar-refractivity contribution in [3.63, 3.8) is 0 Å². The quantitative estimate of drug-likeness (QED) is 0.940. The van der Waals surface area contributed by atoms with Crippen molar-refractivity contribution in [2.75, 3.05) is 13.2 Å². The van der Waals surface area contributed by atoms with Crippen molar-refractivity contribution in [2.24, 2.45) is 0 Å². The predicted octanol–water partition coefficient (Wildman–Crippen LogP) is 2.06. The lowest BCUT2D eigenvalue weighted by atomic mass is 9.73. The minimum absolute atomic E-state index is 0.144. The normalized spacial score (nSPS) is 22.6. The van der Waals surface area contributed by atoms with E-state index in [9.17, 15) is 4.79 Å². The zero-order valence-electron chi connectivity index (χ0n) is 13.8.